The fourth-order valence-electron chi connectivity index (χ4n) is 2.73. The summed E-state index contributed by atoms with van der Waals surface area (Å²) in [6.45, 7) is 4.45. The van der Waals surface area contributed by atoms with E-state index in [4.69, 9.17) is 4.74 Å². The van der Waals surface area contributed by atoms with Crippen molar-refractivity contribution in [2.45, 2.75) is 39.2 Å². The molecule has 1 aromatic rings. The number of benzene rings is 1. The van der Waals surface area contributed by atoms with E-state index in [0.29, 0.717) is 5.41 Å². The molecule has 100 valence electrons. The molecular weight excluding hydrogens is 290 g/mol. The van der Waals surface area contributed by atoms with Crippen LogP contribution in [0.25, 0.3) is 0 Å². The van der Waals surface area contributed by atoms with E-state index >= 15 is 0 Å². The molecule has 18 heavy (non-hydrogen) atoms. The fourth-order valence-corrected chi connectivity index (χ4v) is 3.32. The molecule has 0 bridgehead atoms. The van der Waals surface area contributed by atoms with Gasteiger partial charge >= 0.3 is 0 Å². The van der Waals surface area contributed by atoms with Gasteiger partial charge in [-0.2, -0.15) is 0 Å². The third kappa shape index (κ3) is 3.48. The van der Waals surface area contributed by atoms with Gasteiger partial charge in [0.25, 0.3) is 0 Å². The largest absolute Gasteiger partial charge is 0.496 e. The zero-order valence-electron chi connectivity index (χ0n) is 11.3. The van der Waals surface area contributed by atoms with Crippen molar-refractivity contribution >= 4 is 15.9 Å². The SMILES string of the molecule is COc1ccc(CNCC2(C)CCCC2)cc1Br. The van der Waals surface area contributed by atoms with Crippen molar-refractivity contribution in [3.8, 4) is 5.75 Å². The van der Waals surface area contributed by atoms with Crippen LogP contribution in [0.1, 0.15) is 38.2 Å². The average Bonchev–Trinajstić information content (AvgIpc) is 2.77. The quantitative estimate of drug-likeness (QED) is 0.883. The van der Waals surface area contributed by atoms with Crippen molar-refractivity contribution in [3.05, 3.63) is 28.2 Å². The Labute approximate surface area is 118 Å². The smallest absolute Gasteiger partial charge is 0.133 e. The topological polar surface area (TPSA) is 21.3 Å². The lowest BCUT2D eigenvalue weighted by atomic mass is 9.89. The summed E-state index contributed by atoms with van der Waals surface area (Å²) in [5, 5.41) is 3.59. The molecule has 1 aromatic carbocycles. The Morgan fingerprint density at radius 3 is 2.67 bits per heavy atom. The lowest BCUT2D eigenvalue weighted by Gasteiger charge is -2.23. The molecule has 0 aromatic heterocycles. The number of halogens is 1. The van der Waals surface area contributed by atoms with Gasteiger partial charge in [-0.3, -0.25) is 0 Å². The van der Waals surface area contributed by atoms with Crippen LogP contribution < -0.4 is 10.1 Å². The number of ether oxygens (including phenoxy) is 1. The lowest BCUT2D eigenvalue weighted by Crippen LogP contribution is -2.29. The molecule has 0 amide bonds. The standard InChI is InChI=1S/C15H22BrNO/c1-15(7-3-4-8-15)11-17-10-12-5-6-14(18-2)13(16)9-12/h5-6,9,17H,3-4,7-8,10-11H2,1-2H3. The van der Waals surface area contributed by atoms with Crippen LogP contribution >= 0.6 is 15.9 Å². The first-order valence-corrected chi connectivity index (χ1v) is 7.45. The molecular formula is C15H22BrNO. The maximum atomic E-state index is 5.23. The zero-order valence-corrected chi connectivity index (χ0v) is 12.8. The molecule has 0 heterocycles. The van der Waals surface area contributed by atoms with Crippen molar-refractivity contribution in [1.82, 2.24) is 5.32 Å². The van der Waals surface area contributed by atoms with Gasteiger partial charge < -0.3 is 10.1 Å². The van der Waals surface area contributed by atoms with E-state index in [9.17, 15) is 0 Å². The summed E-state index contributed by atoms with van der Waals surface area (Å²) < 4.78 is 6.26. The molecule has 1 saturated carbocycles. The third-order valence-corrected chi connectivity index (χ3v) is 4.53. The van der Waals surface area contributed by atoms with Gasteiger partial charge in [-0.25, -0.2) is 0 Å². The molecule has 0 unspecified atom stereocenters. The second kappa shape index (κ2) is 6.07. The van der Waals surface area contributed by atoms with Crippen LogP contribution in [-0.2, 0) is 6.54 Å². The van der Waals surface area contributed by atoms with Crippen LogP contribution in [0.5, 0.6) is 5.75 Å². The molecule has 1 aliphatic rings. The van der Waals surface area contributed by atoms with Crippen LogP contribution in [0.2, 0.25) is 0 Å². The molecule has 1 aliphatic carbocycles. The Kier molecular flexibility index (Phi) is 4.68. The van der Waals surface area contributed by atoms with Gasteiger partial charge in [0.2, 0.25) is 0 Å². The van der Waals surface area contributed by atoms with Gasteiger partial charge in [-0.1, -0.05) is 25.8 Å². The highest BCUT2D eigenvalue weighted by atomic mass is 79.9. The van der Waals surface area contributed by atoms with Gasteiger partial charge in [0, 0.05) is 13.1 Å². The Bertz CT molecular complexity index is 399. The highest BCUT2D eigenvalue weighted by molar-refractivity contribution is 9.10. The first kappa shape index (κ1) is 13.9. The van der Waals surface area contributed by atoms with Crippen molar-refractivity contribution < 1.29 is 4.74 Å². The average molecular weight is 312 g/mol. The Hall–Kier alpha value is -0.540. The summed E-state index contributed by atoms with van der Waals surface area (Å²) >= 11 is 3.52. The molecule has 0 radical (unpaired) electrons. The minimum atomic E-state index is 0.518. The highest BCUT2D eigenvalue weighted by Gasteiger charge is 2.27. The zero-order chi connectivity index (χ0) is 13.0. The first-order valence-electron chi connectivity index (χ1n) is 6.66. The van der Waals surface area contributed by atoms with Gasteiger partial charge in [0.1, 0.15) is 5.75 Å². The molecule has 0 spiro atoms. The summed E-state index contributed by atoms with van der Waals surface area (Å²) in [5.41, 5.74) is 1.81. The summed E-state index contributed by atoms with van der Waals surface area (Å²) in [7, 11) is 1.69. The molecule has 0 atom stereocenters. The number of hydrogen-bond donors (Lipinski definition) is 1. The van der Waals surface area contributed by atoms with Gasteiger partial charge in [0.15, 0.2) is 0 Å². The van der Waals surface area contributed by atoms with Crippen LogP contribution in [0.15, 0.2) is 22.7 Å². The highest BCUT2D eigenvalue weighted by Crippen LogP contribution is 2.36. The Balaban J connectivity index is 1.85. The molecule has 1 fully saturated rings. The lowest BCUT2D eigenvalue weighted by molar-refractivity contribution is 0.314. The third-order valence-electron chi connectivity index (χ3n) is 3.91. The summed E-state index contributed by atoms with van der Waals surface area (Å²) in [4.78, 5) is 0. The van der Waals surface area contributed by atoms with Crippen LogP contribution in [-0.4, -0.2) is 13.7 Å². The van der Waals surface area contributed by atoms with Crippen LogP contribution in [0, 0.1) is 5.41 Å². The summed E-state index contributed by atoms with van der Waals surface area (Å²) in [5.74, 6) is 0.890. The number of methoxy groups -OCH3 is 1. The van der Waals surface area contributed by atoms with E-state index in [0.717, 1.165) is 23.3 Å². The predicted octanol–water partition coefficient (Wildman–Crippen LogP) is 4.13. The van der Waals surface area contributed by atoms with E-state index in [1.54, 1.807) is 7.11 Å². The van der Waals surface area contributed by atoms with E-state index in [1.807, 2.05) is 6.07 Å². The molecule has 2 nitrogen and oxygen atoms in total. The maximum absolute atomic E-state index is 5.23. The van der Waals surface area contributed by atoms with E-state index in [1.165, 1.54) is 31.2 Å². The van der Waals surface area contributed by atoms with Gasteiger partial charge in [-0.05, 0) is 51.9 Å². The number of hydrogen-bond acceptors (Lipinski definition) is 2. The predicted molar refractivity (Wildman–Crippen MR) is 79.0 cm³/mol. The van der Waals surface area contributed by atoms with Gasteiger partial charge in [-0.15, -0.1) is 0 Å². The van der Waals surface area contributed by atoms with Crippen LogP contribution in [0.4, 0.5) is 0 Å². The minimum absolute atomic E-state index is 0.518. The second-order valence-electron chi connectivity index (χ2n) is 5.59. The first-order chi connectivity index (χ1) is 8.63. The van der Waals surface area contributed by atoms with E-state index < -0.39 is 0 Å². The van der Waals surface area contributed by atoms with Crippen LogP contribution in [0.3, 0.4) is 0 Å². The molecule has 3 heteroatoms. The molecule has 1 N–H and O–H groups in total. The van der Waals surface area contributed by atoms with Gasteiger partial charge in [0.05, 0.1) is 11.6 Å². The van der Waals surface area contributed by atoms with E-state index in [-0.39, 0.29) is 0 Å². The van der Waals surface area contributed by atoms with Crippen molar-refractivity contribution in [3.63, 3.8) is 0 Å². The molecule has 0 saturated heterocycles. The Morgan fingerprint density at radius 1 is 1.33 bits per heavy atom. The van der Waals surface area contributed by atoms with Crippen molar-refractivity contribution in [2.75, 3.05) is 13.7 Å². The molecule has 0 aliphatic heterocycles. The number of nitrogens with one attached hydrogen (secondary N) is 1. The summed E-state index contributed by atoms with van der Waals surface area (Å²) in [6.07, 6.45) is 5.52. The maximum Gasteiger partial charge on any atom is 0.133 e. The van der Waals surface area contributed by atoms with E-state index in [2.05, 4.69) is 40.3 Å². The molecule has 2 rings (SSSR count). The van der Waals surface area contributed by atoms with Crippen molar-refractivity contribution in [1.29, 1.82) is 0 Å². The Morgan fingerprint density at radius 2 is 2.06 bits per heavy atom. The normalized spacial score (nSPS) is 17.9. The minimum Gasteiger partial charge on any atom is -0.496 e. The second-order valence-corrected chi connectivity index (χ2v) is 6.44. The fraction of sp³-hybridized carbons (Fsp3) is 0.600. The van der Waals surface area contributed by atoms with Crippen molar-refractivity contribution in [2.24, 2.45) is 5.41 Å². The summed E-state index contributed by atoms with van der Waals surface area (Å²) in [6, 6.07) is 6.26. The monoisotopic (exact) mass is 311 g/mol. The number of rotatable bonds is 5.